The van der Waals surface area contributed by atoms with Crippen LogP contribution in [0, 0.1) is 25.5 Å². The maximum atomic E-state index is 15.9. The second-order valence-corrected chi connectivity index (χ2v) is 18.1. The van der Waals surface area contributed by atoms with Gasteiger partial charge in [-0.25, -0.2) is 18.4 Å². The van der Waals surface area contributed by atoms with Crippen LogP contribution in [-0.4, -0.2) is 29.6 Å². The van der Waals surface area contributed by atoms with E-state index in [4.69, 9.17) is 9.84 Å². The molecule has 2 aliphatic rings. The Bertz CT molecular complexity index is 2210. The molecule has 0 saturated heterocycles. The molecule has 2 N–H and O–H groups in total. The molecule has 0 aromatic heterocycles. The summed E-state index contributed by atoms with van der Waals surface area (Å²) in [6.45, 7) is 29.4. The van der Waals surface area contributed by atoms with Gasteiger partial charge in [0.05, 0.1) is 18.2 Å². The van der Waals surface area contributed by atoms with Gasteiger partial charge in [0.2, 0.25) is 0 Å². The number of hydrogen-bond donors (Lipinski definition) is 1. The zero-order valence-corrected chi connectivity index (χ0v) is 35.9. The molecule has 4 aromatic carbocycles. The van der Waals surface area contributed by atoms with Gasteiger partial charge in [-0.05, 0) is 141 Å². The fourth-order valence-electron chi connectivity index (χ4n) is 8.48. The molecule has 0 atom stereocenters. The summed E-state index contributed by atoms with van der Waals surface area (Å²) in [5.74, 6) is -1.71. The van der Waals surface area contributed by atoms with Crippen LogP contribution in [-0.2, 0) is 26.4 Å². The summed E-state index contributed by atoms with van der Waals surface area (Å²) < 4.78 is 36.5. The molecule has 6 rings (SSSR count). The van der Waals surface area contributed by atoms with Crippen LogP contribution >= 0.6 is 0 Å². The number of fused-ring (bicyclic) bond motifs is 2. The summed E-state index contributed by atoms with van der Waals surface area (Å²) in [5, 5.41) is 9.08. The predicted molar refractivity (Wildman–Crippen MR) is 222 cm³/mol. The molecule has 0 amide bonds. The predicted octanol–water partition coefficient (Wildman–Crippen LogP) is 9.40. The van der Waals surface area contributed by atoms with Crippen LogP contribution in [0.4, 0.5) is 8.78 Å². The van der Waals surface area contributed by atoms with Crippen molar-refractivity contribution in [3.05, 3.63) is 152 Å². The third-order valence-corrected chi connectivity index (χ3v) is 12.2. The molecule has 0 aliphatic heterocycles. The Morgan fingerprint density at radius 1 is 0.596 bits per heavy atom. The Kier molecular flexibility index (Phi) is 14.0. The zero-order chi connectivity index (χ0) is 41.0. The average Bonchev–Trinajstić information content (AvgIpc) is 3.11. The van der Waals surface area contributed by atoms with Crippen molar-refractivity contribution in [3.63, 3.8) is 0 Å². The van der Waals surface area contributed by atoms with Crippen molar-refractivity contribution in [3.8, 4) is 0 Å². The van der Waals surface area contributed by atoms with E-state index in [-0.39, 0.29) is 63.2 Å². The average molecular weight is 771 g/mol. The van der Waals surface area contributed by atoms with Gasteiger partial charge in [0.15, 0.2) is 0 Å². The molecule has 0 unspecified atom stereocenters. The summed E-state index contributed by atoms with van der Waals surface area (Å²) in [7, 11) is 1.35. The number of ether oxygens (including phenoxy) is 1. The third kappa shape index (κ3) is 8.92. The first-order valence-corrected chi connectivity index (χ1v) is 19.0. The van der Waals surface area contributed by atoms with E-state index in [9.17, 15) is 9.59 Å². The van der Waals surface area contributed by atoms with Gasteiger partial charge >= 0.3 is 30.8 Å². The van der Waals surface area contributed by atoms with Gasteiger partial charge < -0.3 is 15.3 Å². The van der Waals surface area contributed by atoms with E-state index in [1.165, 1.54) is 19.2 Å². The van der Waals surface area contributed by atoms with Crippen LogP contribution in [0.5, 0.6) is 0 Å². The van der Waals surface area contributed by atoms with Gasteiger partial charge in [-0.2, -0.15) is 0 Å². The summed E-state index contributed by atoms with van der Waals surface area (Å²) in [5.41, 5.74) is 9.53. The standard InChI is InChI=1S/C25H29FO2.C24H27FO2.Li.H2O/c1-15-14-19-21(25(5,6)13-12-24(19,3)4)22(26)20(15)16(2)17-8-10-18(11-9-17)23(27)28-7;1-14-13-18-20(24(5,6)12-11-23(18,3)4)21(25)19(14)15(2)16-7-9-17(10-8-16)22(26)27;;/h8-11,14H,2,12-13H2,1,3-7H3;7-10,13H,2,11-12H2,1,3-6H3,(H,26,27);;1H2/q;;+1;/p-1. The van der Waals surface area contributed by atoms with Crippen LogP contribution in [0.3, 0.4) is 0 Å². The van der Waals surface area contributed by atoms with E-state index in [1.807, 2.05) is 13.8 Å². The zero-order valence-electron chi connectivity index (χ0n) is 35.9. The minimum absolute atomic E-state index is 0. The number of carbonyl (C=O) groups is 2. The smallest absolute Gasteiger partial charge is 0.870 e. The number of carboxylic acids is 1. The first kappa shape index (κ1) is 47.1. The number of esters is 1. The van der Waals surface area contributed by atoms with Gasteiger partial charge in [0.25, 0.3) is 0 Å². The molecule has 57 heavy (non-hydrogen) atoms. The summed E-state index contributed by atoms with van der Waals surface area (Å²) in [6, 6.07) is 17.7. The maximum Gasteiger partial charge on any atom is 1.00 e. The van der Waals surface area contributed by atoms with Gasteiger partial charge in [-0.1, -0.05) is 105 Å². The van der Waals surface area contributed by atoms with Crippen molar-refractivity contribution in [2.75, 3.05) is 7.11 Å². The minimum Gasteiger partial charge on any atom is -0.870 e. The second kappa shape index (κ2) is 16.9. The number of carbonyl (C=O) groups excluding carboxylic acids is 1. The number of rotatable bonds is 6. The normalized spacial score (nSPS) is 16.5. The Balaban J connectivity index is 0.000000295. The van der Waals surface area contributed by atoms with E-state index in [1.54, 1.807) is 36.4 Å². The van der Waals surface area contributed by atoms with Crippen LogP contribution in [0.1, 0.15) is 157 Å². The van der Waals surface area contributed by atoms with Crippen molar-refractivity contribution in [2.45, 2.75) is 117 Å². The number of aryl methyl sites for hydroxylation is 2. The number of aromatic carboxylic acids is 1. The van der Waals surface area contributed by atoms with Crippen molar-refractivity contribution in [2.24, 2.45) is 0 Å². The quantitative estimate of drug-likeness (QED) is 0.156. The molecular weight excluding hydrogens is 713 g/mol. The monoisotopic (exact) mass is 770 g/mol. The van der Waals surface area contributed by atoms with E-state index in [0.717, 1.165) is 70.2 Å². The van der Waals surface area contributed by atoms with Gasteiger partial charge in [-0.3, -0.25) is 0 Å². The number of hydrogen-bond acceptors (Lipinski definition) is 4. The van der Waals surface area contributed by atoms with E-state index in [2.05, 4.69) is 80.7 Å². The molecule has 0 fully saturated rings. The SMILES string of the molecule is C=C(c1ccc(C(=O)O)cc1)c1c(C)cc2c(c1F)C(C)(C)CCC2(C)C.C=C(c1ccc(C(=O)OC)cc1)c1c(C)cc2c(c1F)C(C)(C)CCC2(C)C.[Li+].[OH-]. The van der Waals surface area contributed by atoms with Gasteiger partial charge in [0.1, 0.15) is 11.6 Å². The van der Waals surface area contributed by atoms with Gasteiger partial charge in [-0.15, -0.1) is 0 Å². The molecule has 4 aromatic rings. The molecule has 8 heteroatoms. The van der Waals surface area contributed by atoms with E-state index in [0.29, 0.717) is 27.8 Å². The topological polar surface area (TPSA) is 93.6 Å². The van der Waals surface area contributed by atoms with Crippen molar-refractivity contribution < 1.29 is 52.6 Å². The Labute approximate surface area is 350 Å². The number of methoxy groups -OCH3 is 1. The number of halogens is 2. The Morgan fingerprint density at radius 3 is 1.21 bits per heavy atom. The van der Waals surface area contributed by atoms with Crippen LogP contribution < -0.4 is 18.9 Å². The maximum absolute atomic E-state index is 15.9. The minimum atomic E-state index is -0.979. The molecule has 0 heterocycles. The molecule has 0 saturated carbocycles. The third-order valence-electron chi connectivity index (χ3n) is 12.2. The Hall–Kier alpha value is -4.28. The van der Waals surface area contributed by atoms with Crippen LogP contribution in [0.25, 0.3) is 11.1 Å². The molecule has 2 aliphatic carbocycles. The van der Waals surface area contributed by atoms with Crippen molar-refractivity contribution >= 4 is 23.1 Å². The fourth-order valence-corrected chi connectivity index (χ4v) is 8.48. The summed E-state index contributed by atoms with van der Waals surface area (Å²) >= 11 is 0. The van der Waals surface area contributed by atoms with Crippen LogP contribution in [0.2, 0.25) is 0 Å². The summed E-state index contributed by atoms with van der Waals surface area (Å²) in [4.78, 5) is 22.7. The molecule has 0 spiro atoms. The second-order valence-electron chi connectivity index (χ2n) is 18.1. The number of benzene rings is 4. The number of carboxylic acid groups (broad SMARTS) is 1. The van der Waals surface area contributed by atoms with E-state index < -0.39 is 11.9 Å². The fraction of sp³-hybridized carbons (Fsp3) is 0.388. The molecule has 0 bridgehead atoms. The molecule has 298 valence electrons. The summed E-state index contributed by atoms with van der Waals surface area (Å²) in [6.07, 6.45) is 3.96. The molecule has 0 radical (unpaired) electrons. The molecule has 5 nitrogen and oxygen atoms in total. The van der Waals surface area contributed by atoms with E-state index >= 15 is 8.78 Å². The van der Waals surface area contributed by atoms with Gasteiger partial charge in [0, 0.05) is 11.1 Å². The first-order chi connectivity index (χ1) is 25.4. The van der Waals surface area contributed by atoms with Crippen LogP contribution in [0.15, 0.2) is 73.8 Å². The largest absolute Gasteiger partial charge is 1.00 e. The van der Waals surface area contributed by atoms with Crippen molar-refractivity contribution in [1.82, 2.24) is 0 Å². The first-order valence-electron chi connectivity index (χ1n) is 19.0. The van der Waals surface area contributed by atoms with Crippen molar-refractivity contribution in [1.29, 1.82) is 0 Å². The molecular formula is C49H57F2LiO5. The Morgan fingerprint density at radius 2 is 0.895 bits per heavy atom.